The van der Waals surface area contributed by atoms with Crippen LogP contribution >= 0.6 is 0 Å². The molecule has 2 aliphatic rings. The zero-order valence-electron chi connectivity index (χ0n) is 10.6. The van der Waals surface area contributed by atoms with Crippen LogP contribution in [0.1, 0.15) is 25.3 Å². The fraction of sp³-hybridized carbons (Fsp3) is 0.429. The molecule has 4 nitrogen and oxygen atoms in total. The third kappa shape index (κ3) is 1.64. The summed E-state index contributed by atoms with van der Waals surface area (Å²) in [5.74, 6) is 0.794. The van der Waals surface area contributed by atoms with Gasteiger partial charge in [-0.05, 0) is 31.5 Å². The molecule has 1 aromatic carbocycles. The molecule has 2 unspecified atom stereocenters. The molecule has 18 heavy (non-hydrogen) atoms. The van der Waals surface area contributed by atoms with E-state index in [1.807, 2.05) is 32.0 Å². The van der Waals surface area contributed by atoms with Gasteiger partial charge in [-0.2, -0.15) is 0 Å². The largest absolute Gasteiger partial charge is 0.479 e. The Morgan fingerprint density at radius 1 is 1.50 bits per heavy atom. The monoisotopic (exact) mass is 244 g/mol. The molecule has 0 spiro atoms. The second kappa shape index (κ2) is 3.65. The first-order chi connectivity index (χ1) is 8.48. The molecule has 94 valence electrons. The summed E-state index contributed by atoms with van der Waals surface area (Å²) in [6.07, 6.45) is 0.795. The Morgan fingerprint density at radius 3 is 3.06 bits per heavy atom. The fourth-order valence-corrected chi connectivity index (χ4v) is 2.55. The van der Waals surface area contributed by atoms with E-state index in [4.69, 9.17) is 10.5 Å². The molecule has 0 saturated heterocycles. The third-order valence-corrected chi connectivity index (χ3v) is 3.65. The number of hydrogen-bond acceptors (Lipinski definition) is 4. The van der Waals surface area contributed by atoms with Crippen LogP contribution in [0.2, 0.25) is 0 Å². The minimum Gasteiger partial charge on any atom is -0.479 e. The predicted octanol–water partition coefficient (Wildman–Crippen LogP) is 1.91. The average molecular weight is 244 g/mol. The maximum absolute atomic E-state index is 11.8. The van der Waals surface area contributed by atoms with E-state index in [-0.39, 0.29) is 5.78 Å². The lowest BCUT2D eigenvalue weighted by Gasteiger charge is -2.39. The number of ketones is 1. The standard InChI is InChI=1S/C14H16N2O2/c1-8-3-4-12-10(5-8)16-13-6-9(15)11(17)7-14(13,2)18-12/h3-5,9H,6-7,15H2,1-2H3. The van der Waals surface area contributed by atoms with Gasteiger partial charge >= 0.3 is 0 Å². The number of hydrogen-bond donors (Lipinski definition) is 1. The molecule has 4 heteroatoms. The first-order valence-electron chi connectivity index (χ1n) is 6.14. The number of Topliss-reactive ketones (excluding diaryl/α,β-unsaturated/α-hetero) is 1. The van der Waals surface area contributed by atoms with Crippen molar-refractivity contribution < 1.29 is 9.53 Å². The minimum atomic E-state index is -0.616. The van der Waals surface area contributed by atoms with E-state index in [2.05, 4.69) is 4.99 Å². The normalized spacial score (nSPS) is 30.1. The molecule has 1 aliphatic heterocycles. The van der Waals surface area contributed by atoms with Crippen molar-refractivity contribution >= 4 is 17.2 Å². The van der Waals surface area contributed by atoms with Crippen molar-refractivity contribution in [1.82, 2.24) is 0 Å². The molecule has 1 aromatic rings. The number of aryl methyl sites for hydroxylation is 1. The SMILES string of the molecule is Cc1ccc2c(c1)N=C1CC(N)C(=O)CC1(C)O2. The molecule has 0 radical (unpaired) electrons. The second-order valence-electron chi connectivity index (χ2n) is 5.32. The van der Waals surface area contributed by atoms with E-state index < -0.39 is 11.6 Å². The first-order valence-corrected chi connectivity index (χ1v) is 6.14. The van der Waals surface area contributed by atoms with Gasteiger partial charge in [-0.25, -0.2) is 4.99 Å². The van der Waals surface area contributed by atoms with Gasteiger partial charge in [0.15, 0.2) is 11.4 Å². The van der Waals surface area contributed by atoms with E-state index in [9.17, 15) is 4.79 Å². The van der Waals surface area contributed by atoms with Gasteiger partial charge in [0.05, 0.1) is 18.2 Å². The third-order valence-electron chi connectivity index (χ3n) is 3.65. The maximum Gasteiger partial charge on any atom is 0.154 e. The van der Waals surface area contributed by atoms with Crippen LogP contribution < -0.4 is 10.5 Å². The van der Waals surface area contributed by atoms with Crippen LogP contribution in [-0.4, -0.2) is 23.1 Å². The smallest absolute Gasteiger partial charge is 0.154 e. The number of carbonyl (C=O) groups is 1. The molecule has 1 saturated carbocycles. The van der Waals surface area contributed by atoms with Gasteiger partial charge in [0.2, 0.25) is 0 Å². The van der Waals surface area contributed by atoms with E-state index in [1.54, 1.807) is 0 Å². The van der Waals surface area contributed by atoms with Crippen LogP contribution in [0.5, 0.6) is 5.75 Å². The topological polar surface area (TPSA) is 64.7 Å². The van der Waals surface area contributed by atoms with Gasteiger partial charge < -0.3 is 10.5 Å². The first kappa shape index (κ1) is 11.4. The number of benzene rings is 1. The average Bonchev–Trinajstić information content (AvgIpc) is 2.29. The summed E-state index contributed by atoms with van der Waals surface area (Å²) < 4.78 is 5.99. The van der Waals surface area contributed by atoms with E-state index in [0.29, 0.717) is 12.8 Å². The Morgan fingerprint density at radius 2 is 2.28 bits per heavy atom. The molecule has 0 bridgehead atoms. The molecular weight excluding hydrogens is 228 g/mol. The van der Waals surface area contributed by atoms with Crippen LogP contribution in [0.25, 0.3) is 0 Å². The highest BCUT2D eigenvalue weighted by molar-refractivity contribution is 6.06. The maximum atomic E-state index is 11.8. The van der Waals surface area contributed by atoms with Crippen molar-refractivity contribution in [1.29, 1.82) is 0 Å². The van der Waals surface area contributed by atoms with Gasteiger partial charge in [0.1, 0.15) is 11.4 Å². The van der Waals surface area contributed by atoms with Crippen LogP contribution in [0.3, 0.4) is 0 Å². The summed E-state index contributed by atoms with van der Waals surface area (Å²) >= 11 is 0. The Bertz CT molecular complexity index is 565. The van der Waals surface area contributed by atoms with Crippen molar-refractivity contribution in [2.24, 2.45) is 10.7 Å². The second-order valence-corrected chi connectivity index (χ2v) is 5.32. The van der Waals surface area contributed by atoms with Gasteiger partial charge in [-0.15, -0.1) is 0 Å². The Labute approximate surface area is 106 Å². The molecule has 1 heterocycles. The van der Waals surface area contributed by atoms with Crippen LogP contribution in [-0.2, 0) is 4.79 Å². The van der Waals surface area contributed by atoms with Crippen LogP contribution in [0, 0.1) is 6.92 Å². The predicted molar refractivity (Wildman–Crippen MR) is 69.5 cm³/mol. The molecule has 0 aromatic heterocycles. The number of nitrogens with zero attached hydrogens (tertiary/aromatic N) is 1. The van der Waals surface area contributed by atoms with Gasteiger partial charge in [-0.3, -0.25) is 4.79 Å². The highest BCUT2D eigenvalue weighted by atomic mass is 16.5. The Hall–Kier alpha value is -1.68. The van der Waals surface area contributed by atoms with Crippen molar-refractivity contribution in [3.63, 3.8) is 0 Å². The van der Waals surface area contributed by atoms with Crippen LogP contribution in [0.15, 0.2) is 23.2 Å². The number of aliphatic imine (C=N–C) groups is 1. The van der Waals surface area contributed by atoms with Crippen molar-refractivity contribution in [2.45, 2.75) is 38.3 Å². The van der Waals surface area contributed by atoms with Crippen LogP contribution in [0.4, 0.5) is 5.69 Å². The summed E-state index contributed by atoms with van der Waals surface area (Å²) in [6.45, 7) is 3.93. The molecule has 2 N–H and O–H groups in total. The number of nitrogens with two attached hydrogens (primary N) is 1. The lowest BCUT2D eigenvalue weighted by Crippen LogP contribution is -2.54. The summed E-state index contributed by atoms with van der Waals surface area (Å²) in [5, 5.41) is 0. The van der Waals surface area contributed by atoms with Gasteiger partial charge in [0.25, 0.3) is 0 Å². The van der Waals surface area contributed by atoms with Crippen molar-refractivity contribution in [2.75, 3.05) is 0 Å². The van der Waals surface area contributed by atoms with E-state index >= 15 is 0 Å². The molecular formula is C14H16N2O2. The van der Waals surface area contributed by atoms with Crippen molar-refractivity contribution in [3.8, 4) is 5.75 Å². The molecule has 0 amide bonds. The Kier molecular flexibility index (Phi) is 2.32. The zero-order valence-corrected chi connectivity index (χ0v) is 10.6. The lowest BCUT2D eigenvalue weighted by molar-refractivity contribution is -0.123. The van der Waals surface area contributed by atoms with Gasteiger partial charge in [0, 0.05) is 6.42 Å². The molecule has 3 rings (SSSR count). The number of carbonyl (C=O) groups excluding carboxylic acids is 1. The fourth-order valence-electron chi connectivity index (χ4n) is 2.55. The number of fused-ring (bicyclic) bond motifs is 2. The number of ether oxygens (including phenoxy) is 1. The summed E-state index contributed by atoms with van der Waals surface area (Å²) in [5.41, 5.74) is 8.05. The molecule has 2 atom stereocenters. The van der Waals surface area contributed by atoms with Crippen molar-refractivity contribution in [3.05, 3.63) is 23.8 Å². The lowest BCUT2D eigenvalue weighted by atomic mass is 9.80. The summed E-state index contributed by atoms with van der Waals surface area (Å²) in [4.78, 5) is 16.4. The highest BCUT2D eigenvalue weighted by Crippen LogP contribution is 2.40. The quantitative estimate of drug-likeness (QED) is 0.758. The Balaban J connectivity index is 2.08. The highest BCUT2D eigenvalue weighted by Gasteiger charge is 2.44. The molecule has 1 aliphatic carbocycles. The minimum absolute atomic E-state index is 0.0482. The number of rotatable bonds is 0. The summed E-state index contributed by atoms with van der Waals surface area (Å²) in [7, 11) is 0. The van der Waals surface area contributed by atoms with Gasteiger partial charge in [-0.1, -0.05) is 6.07 Å². The van der Waals surface area contributed by atoms with E-state index in [0.717, 1.165) is 22.7 Å². The van der Waals surface area contributed by atoms with E-state index in [1.165, 1.54) is 0 Å². The summed E-state index contributed by atoms with van der Waals surface area (Å²) in [6, 6.07) is 5.45. The zero-order chi connectivity index (χ0) is 12.9. The molecule has 1 fully saturated rings.